The van der Waals surface area contributed by atoms with Gasteiger partial charge >= 0.3 is 0 Å². The summed E-state index contributed by atoms with van der Waals surface area (Å²) in [6.07, 6.45) is 4.87. The van der Waals surface area contributed by atoms with Crippen molar-refractivity contribution in [1.29, 1.82) is 0 Å². The highest BCUT2D eigenvalue weighted by Gasteiger charge is 2.21. The van der Waals surface area contributed by atoms with Crippen LogP contribution < -0.4 is 0 Å². The van der Waals surface area contributed by atoms with E-state index in [1.54, 1.807) is 12.1 Å². The predicted octanol–water partition coefficient (Wildman–Crippen LogP) is 6.21. The fourth-order valence-corrected chi connectivity index (χ4v) is 5.20. The molecule has 2 heterocycles. The molecule has 0 unspecified atom stereocenters. The number of benzene rings is 2. The Kier molecular flexibility index (Phi) is 3.75. The molecule has 0 spiro atoms. The molecule has 2 aromatic heterocycles. The summed E-state index contributed by atoms with van der Waals surface area (Å²) in [6.45, 7) is 0. The number of aromatic nitrogens is 1. The zero-order chi connectivity index (χ0) is 17.5. The van der Waals surface area contributed by atoms with E-state index in [1.165, 1.54) is 46.2 Å². The minimum Gasteiger partial charge on any atom is -0.508 e. The van der Waals surface area contributed by atoms with Crippen LogP contribution in [0.3, 0.4) is 0 Å². The Morgan fingerprint density at radius 3 is 2.50 bits per heavy atom. The highest BCUT2D eigenvalue weighted by Crippen LogP contribution is 2.42. The lowest BCUT2D eigenvalue weighted by Gasteiger charge is -2.13. The van der Waals surface area contributed by atoms with E-state index in [1.807, 2.05) is 23.5 Å². The first kappa shape index (κ1) is 15.6. The molecule has 2 nitrogen and oxygen atoms in total. The van der Waals surface area contributed by atoms with Crippen molar-refractivity contribution in [2.75, 3.05) is 0 Å². The van der Waals surface area contributed by atoms with Gasteiger partial charge in [-0.1, -0.05) is 42.5 Å². The van der Waals surface area contributed by atoms with E-state index in [0.29, 0.717) is 0 Å². The number of nitrogens with zero attached hydrogens (tertiary/aromatic N) is 1. The van der Waals surface area contributed by atoms with Gasteiger partial charge in [0.05, 0.1) is 5.69 Å². The number of pyridine rings is 1. The van der Waals surface area contributed by atoms with E-state index in [0.717, 1.165) is 22.5 Å². The summed E-state index contributed by atoms with van der Waals surface area (Å²) in [5.74, 6) is 0.274. The van der Waals surface area contributed by atoms with Gasteiger partial charge in [-0.3, -0.25) is 0 Å². The fourth-order valence-electron chi connectivity index (χ4n) is 3.92. The third-order valence-electron chi connectivity index (χ3n) is 5.15. The van der Waals surface area contributed by atoms with Gasteiger partial charge in [-0.15, -0.1) is 11.3 Å². The first-order valence-corrected chi connectivity index (χ1v) is 9.91. The fraction of sp³-hybridized carbons (Fsp3) is 0.174. The maximum Gasteiger partial charge on any atom is 0.125 e. The summed E-state index contributed by atoms with van der Waals surface area (Å²) in [7, 11) is 0. The van der Waals surface area contributed by atoms with Crippen molar-refractivity contribution < 1.29 is 5.11 Å². The summed E-state index contributed by atoms with van der Waals surface area (Å²) in [5, 5.41) is 11.2. The van der Waals surface area contributed by atoms with Gasteiger partial charge in [-0.25, -0.2) is 4.98 Å². The lowest BCUT2D eigenvalue weighted by atomic mass is 9.92. The van der Waals surface area contributed by atoms with E-state index in [2.05, 4.69) is 36.4 Å². The Hall–Kier alpha value is -2.65. The second kappa shape index (κ2) is 6.26. The molecule has 1 N–H and O–H groups in total. The summed E-state index contributed by atoms with van der Waals surface area (Å²) in [6, 6.07) is 20.1. The van der Waals surface area contributed by atoms with Gasteiger partial charge in [0.25, 0.3) is 0 Å². The molecule has 4 aromatic rings. The van der Waals surface area contributed by atoms with E-state index >= 15 is 0 Å². The highest BCUT2D eigenvalue weighted by atomic mass is 32.1. The minimum absolute atomic E-state index is 0.274. The molecule has 0 amide bonds. The molecule has 2 aromatic carbocycles. The Balaban J connectivity index is 1.82. The average molecular weight is 357 g/mol. The Labute approximate surface area is 156 Å². The number of thiophene rings is 1. The number of hydrogen-bond donors (Lipinski definition) is 1. The molecule has 0 fully saturated rings. The van der Waals surface area contributed by atoms with E-state index in [-0.39, 0.29) is 5.75 Å². The molecular formula is C23H19NOS. The van der Waals surface area contributed by atoms with Crippen molar-refractivity contribution in [3.63, 3.8) is 0 Å². The van der Waals surface area contributed by atoms with Crippen LogP contribution in [0.2, 0.25) is 0 Å². The molecule has 0 saturated carbocycles. The van der Waals surface area contributed by atoms with Gasteiger partial charge in [0, 0.05) is 15.8 Å². The van der Waals surface area contributed by atoms with Crippen LogP contribution in [0.5, 0.6) is 5.75 Å². The molecule has 0 atom stereocenters. The van der Waals surface area contributed by atoms with E-state index in [4.69, 9.17) is 4.98 Å². The summed E-state index contributed by atoms with van der Waals surface area (Å²) in [4.78, 5) is 7.61. The van der Waals surface area contributed by atoms with E-state index in [9.17, 15) is 5.11 Å². The van der Waals surface area contributed by atoms with Gasteiger partial charge < -0.3 is 5.11 Å². The lowest BCUT2D eigenvalue weighted by molar-refractivity contribution is 0.475. The average Bonchev–Trinajstić information content (AvgIpc) is 3.06. The van der Waals surface area contributed by atoms with Crippen LogP contribution in [0.1, 0.15) is 23.3 Å². The molecule has 0 bridgehead atoms. The van der Waals surface area contributed by atoms with Crippen molar-refractivity contribution in [2.45, 2.75) is 25.7 Å². The number of fused-ring (bicyclic) bond motifs is 3. The first-order chi connectivity index (χ1) is 12.8. The minimum atomic E-state index is 0.274. The molecular weight excluding hydrogens is 338 g/mol. The maximum atomic E-state index is 9.88. The SMILES string of the molecule is Oc1cccc(-c2cc(-c3ccccc3)c3c4c(sc3n2)CCCC4)c1. The van der Waals surface area contributed by atoms with Crippen LogP contribution in [0.4, 0.5) is 0 Å². The largest absolute Gasteiger partial charge is 0.508 e. The second-order valence-corrected chi connectivity index (χ2v) is 7.95. The zero-order valence-electron chi connectivity index (χ0n) is 14.4. The third kappa shape index (κ3) is 2.60. The van der Waals surface area contributed by atoms with Crippen molar-refractivity contribution in [3.8, 4) is 28.1 Å². The first-order valence-electron chi connectivity index (χ1n) is 9.10. The monoisotopic (exact) mass is 357 g/mol. The highest BCUT2D eigenvalue weighted by molar-refractivity contribution is 7.19. The van der Waals surface area contributed by atoms with Crippen molar-refractivity contribution >= 4 is 21.6 Å². The Morgan fingerprint density at radius 2 is 1.65 bits per heavy atom. The molecule has 0 saturated heterocycles. The zero-order valence-corrected chi connectivity index (χ0v) is 15.2. The standard InChI is InChI=1S/C23H19NOS/c25-17-10-6-9-16(13-17)20-14-19(15-7-2-1-3-8-15)22-18-11-4-5-12-21(18)26-23(22)24-20/h1-3,6-10,13-14,25H,4-5,11-12H2. The summed E-state index contributed by atoms with van der Waals surface area (Å²) in [5.41, 5.74) is 5.87. The number of phenols is 1. The molecule has 128 valence electrons. The number of rotatable bonds is 2. The maximum absolute atomic E-state index is 9.88. The topological polar surface area (TPSA) is 33.1 Å². The molecule has 1 aliphatic rings. The van der Waals surface area contributed by atoms with Crippen molar-refractivity contribution in [3.05, 3.63) is 71.1 Å². The van der Waals surface area contributed by atoms with Crippen LogP contribution in [0.25, 0.3) is 32.6 Å². The van der Waals surface area contributed by atoms with Crippen LogP contribution >= 0.6 is 11.3 Å². The number of phenolic OH excluding ortho intramolecular Hbond substituents is 1. The lowest BCUT2D eigenvalue weighted by Crippen LogP contribution is -1.98. The summed E-state index contributed by atoms with van der Waals surface area (Å²) < 4.78 is 0. The number of aryl methyl sites for hydroxylation is 2. The molecule has 3 heteroatoms. The predicted molar refractivity (Wildman–Crippen MR) is 109 cm³/mol. The quantitative estimate of drug-likeness (QED) is 0.462. The van der Waals surface area contributed by atoms with Gasteiger partial charge in [0.15, 0.2) is 0 Å². The normalized spacial score (nSPS) is 13.7. The van der Waals surface area contributed by atoms with Crippen molar-refractivity contribution in [2.24, 2.45) is 0 Å². The van der Waals surface area contributed by atoms with Gasteiger partial charge in [-0.05, 0) is 60.6 Å². The van der Waals surface area contributed by atoms with Gasteiger partial charge in [0.1, 0.15) is 10.6 Å². The molecule has 0 aliphatic heterocycles. The molecule has 5 rings (SSSR count). The van der Waals surface area contributed by atoms with Gasteiger partial charge in [0.2, 0.25) is 0 Å². The van der Waals surface area contributed by atoms with Crippen LogP contribution in [-0.4, -0.2) is 10.1 Å². The second-order valence-electron chi connectivity index (χ2n) is 6.86. The number of aromatic hydroxyl groups is 1. The number of hydrogen-bond acceptors (Lipinski definition) is 3. The molecule has 0 radical (unpaired) electrons. The molecule has 26 heavy (non-hydrogen) atoms. The third-order valence-corrected chi connectivity index (χ3v) is 6.34. The summed E-state index contributed by atoms with van der Waals surface area (Å²) >= 11 is 1.85. The Morgan fingerprint density at radius 1 is 0.846 bits per heavy atom. The smallest absolute Gasteiger partial charge is 0.125 e. The van der Waals surface area contributed by atoms with Crippen molar-refractivity contribution in [1.82, 2.24) is 4.98 Å². The Bertz CT molecular complexity index is 1100. The van der Waals surface area contributed by atoms with E-state index < -0.39 is 0 Å². The van der Waals surface area contributed by atoms with Gasteiger partial charge in [-0.2, -0.15) is 0 Å². The van der Waals surface area contributed by atoms with Crippen LogP contribution in [0, 0.1) is 0 Å². The van der Waals surface area contributed by atoms with Crippen LogP contribution in [0.15, 0.2) is 60.7 Å². The van der Waals surface area contributed by atoms with Crippen LogP contribution in [-0.2, 0) is 12.8 Å². The molecule has 1 aliphatic carbocycles.